The molecule has 2 aromatic heterocycles. The standard InChI is InChI=1S/C13H15BrN6O7S/c1-20-10(8(9(14)18-20)11(21)27-4)28(23,24)19-13(22)17-12-15-6(25-2)5-7(16-12)26-3/h5H,1-4H3,(H2,15,16,17,19,22). The van der Waals surface area contributed by atoms with Gasteiger partial charge in [-0.2, -0.15) is 23.5 Å². The van der Waals surface area contributed by atoms with E-state index in [2.05, 4.69) is 41.1 Å². The molecule has 2 N–H and O–H groups in total. The summed E-state index contributed by atoms with van der Waals surface area (Å²) in [7, 11) is 0.512. The first-order valence-corrected chi connectivity index (χ1v) is 9.52. The van der Waals surface area contributed by atoms with Gasteiger partial charge < -0.3 is 14.2 Å². The first kappa shape index (κ1) is 21.4. The van der Waals surface area contributed by atoms with Crippen LogP contribution in [0.2, 0.25) is 0 Å². The van der Waals surface area contributed by atoms with Crippen molar-refractivity contribution in [3.63, 3.8) is 0 Å². The molecular formula is C13H15BrN6O7S. The molecule has 13 nitrogen and oxygen atoms in total. The van der Waals surface area contributed by atoms with Crippen molar-refractivity contribution < 1.29 is 32.2 Å². The zero-order valence-electron chi connectivity index (χ0n) is 15.0. The Kier molecular flexibility index (Phi) is 6.40. The molecule has 0 radical (unpaired) electrons. The normalized spacial score (nSPS) is 10.9. The smallest absolute Gasteiger partial charge is 0.343 e. The monoisotopic (exact) mass is 478 g/mol. The zero-order chi connectivity index (χ0) is 21.1. The van der Waals surface area contributed by atoms with E-state index in [1.165, 1.54) is 27.3 Å². The van der Waals surface area contributed by atoms with Gasteiger partial charge in [0.25, 0.3) is 10.0 Å². The van der Waals surface area contributed by atoms with Crippen LogP contribution in [0.4, 0.5) is 10.7 Å². The summed E-state index contributed by atoms with van der Waals surface area (Å²) in [4.78, 5) is 31.7. The van der Waals surface area contributed by atoms with Crippen LogP contribution < -0.4 is 19.5 Å². The number of rotatable bonds is 6. The Bertz CT molecular complexity index is 1000. The van der Waals surface area contributed by atoms with Gasteiger partial charge in [-0.3, -0.25) is 10.00 Å². The molecule has 0 fully saturated rings. The van der Waals surface area contributed by atoms with Gasteiger partial charge in [0.05, 0.1) is 27.4 Å². The fourth-order valence-corrected chi connectivity index (χ4v) is 3.97. The van der Waals surface area contributed by atoms with Gasteiger partial charge in [0.15, 0.2) is 5.03 Å². The van der Waals surface area contributed by atoms with E-state index >= 15 is 0 Å². The van der Waals surface area contributed by atoms with Crippen molar-refractivity contribution in [3.05, 3.63) is 16.2 Å². The summed E-state index contributed by atoms with van der Waals surface area (Å²) in [6.45, 7) is 0. The van der Waals surface area contributed by atoms with E-state index < -0.39 is 27.0 Å². The minimum absolute atomic E-state index is 0.0662. The maximum Gasteiger partial charge on any atom is 0.343 e. The SMILES string of the molecule is COC(=O)c1c(Br)nn(C)c1S(=O)(=O)NC(=O)Nc1nc(OC)cc(OC)n1. The van der Waals surface area contributed by atoms with E-state index in [1.807, 2.05) is 0 Å². The van der Waals surface area contributed by atoms with E-state index in [1.54, 1.807) is 4.72 Å². The van der Waals surface area contributed by atoms with Crippen molar-refractivity contribution in [1.29, 1.82) is 0 Å². The number of aryl methyl sites for hydroxylation is 1. The third kappa shape index (κ3) is 4.48. The fourth-order valence-electron chi connectivity index (χ4n) is 2.03. The largest absolute Gasteiger partial charge is 0.481 e. The lowest BCUT2D eigenvalue weighted by Gasteiger charge is -2.10. The molecule has 2 amide bonds. The molecule has 0 spiro atoms. The summed E-state index contributed by atoms with van der Waals surface area (Å²) in [5, 5.41) is 5.37. The lowest BCUT2D eigenvalue weighted by atomic mass is 10.4. The molecule has 28 heavy (non-hydrogen) atoms. The summed E-state index contributed by atoms with van der Waals surface area (Å²) >= 11 is 2.98. The molecule has 0 saturated carbocycles. The van der Waals surface area contributed by atoms with Crippen LogP contribution in [0, 0.1) is 0 Å². The van der Waals surface area contributed by atoms with E-state index in [0.29, 0.717) is 0 Å². The molecule has 0 aromatic carbocycles. The predicted molar refractivity (Wildman–Crippen MR) is 96.7 cm³/mol. The molecule has 152 valence electrons. The van der Waals surface area contributed by atoms with Gasteiger partial charge in [-0.05, 0) is 15.9 Å². The number of halogens is 1. The number of nitrogens with zero attached hydrogens (tertiary/aromatic N) is 4. The van der Waals surface area contributed by atoms with Crippen LogP contribution in [-0.4, -0.2) is 61.5 Å². The number of esters is 1. The highest BCUT2D eigenvalue weighted by molar-refractivity contribution is 9.10. The van der Waals surface area contributed by atoms with Gasteiger partial charge >= 0.3 is 12.0 Å². The number of hydrogen-bond donors (Lipinski definition) is 2. The molecule has 0 aliphatic carbocycles. The Morgan fingerprint density at radius 1 is 1.14 bits per heavy atom. The summed E-state index contributed by atoms with van der Waals surface area (Å²) in [5.41, 5.74) is -0.371. The Labute approximate surface area is 167 Å². The Hall–Kier alpha value is -2.94. The predicted octanol–water partition coefficient (Wildman–Crippen LogP) is 0.287. The summed E-state index contributed by atoms with van der Waals surface area (Å²) in [5.74, 6) is -1.08. The summed E-state index contributed by atoms with van der Waals surface area (Å²) < 4.78 is 42.2. The van der Waals surface area contributed by atoms with Crippen LogP contribution >= 0.6 is 15.9 Å². The maximum absolute atomic E-state index is 12.6. The topological polar surface area (TPSA) is 164 Å². The highest BCUT2D eigenvalue weighted by atomic mass is 79.9. The Balaban J connectivity index is 2.31. The van der Waals surface area contributed by atoms with Crippen LogP contribution in [0.25, 0.3) is 0 Å². The molecule has 2 heterocycles. The summed E-state index contributed by atoms with van der Waals surface area (Å²) in [6, 6.07) is 0.166. The second kappa shape index (κ2) is 8.39. The number of methoxy groups -OCH3 is 3. The average Bonchev–Trinajstić information content (AvgIpc) is 2.94. The third-order valence-corrected chi connectivity index (χ3v) is 5.13. The van der Waals surface area contributed by atoms with Gasteiger partial charge in [-0.1, -0.05) is 0 Å². The molecule has 0 aliphatic heterocycles. The minimum Gasteiger partial charge on any atom is -0.481 e. The molecular weight excluding hydrogens is 464 g/mol. The number of carbonyl (C=O) groups is 2. The average molecular weight is 479 g/mol. The Morgan fingerprint density at radius 3 is 2.21 bits per heavy atom. The second-order valence-corrected chi connectivity index (χ2v) is 7.27. The fraction of sp³-hybridized carbons (Fsp3) is 0.308. The van der Waals surface area contributed by atoms with Crippen molar-refractivity contribution in [2.45, 2.75) is 5.03 Å². The lowest BCUT2D eigenvalue weighted by molar-refractivity contribution is 0.0594. The number of ether oxygens (including phenoxy) is 3. The van der Waals surface area contributed by atoms with Crippen LogP contribution in [0.1, 0.15) is 10.4 Å². The van der Waals surface area contributed by atoms with Crippen LogP contribution in [0.15, 0.2) is 15.7 Å². The highest BCUT2D eigenvalue weighted by Crippen LogP contribution is 2.24. The van der Waals surface area contributed by atoms with E-state index in [9.17, 15) is 18.0 Å². The quantitative estimate of drug-likeness (QED) is 0.551. The number of hydrogen-bond acceptors (Lipinski definition) is 10. The number of aromatic nitrogens is 4. The van der Waals surface area contributed by atoms with Gasteiger partial charge in [0, 0.05) is 7.05 Å². The molecule has 0 aliphatic rings. The van der Waals surface area contributed by atoms with Gasteiger partial charge in [-0.25, -0.2) is 14.3 Å². The van der Waals surface area contributed by atoms with Crippen molar-refractivity contribution in [1.82, 2.24) is 24.5 Å². The molecule has 2 aromatic rings. The van der Waals surface area contributed by atoms with E-state index in [-0.39, 0.29) is 27.9 Å². The van der Waals surface area contributed by atoms with Crippen LogP contribution in [0.5, 0.6) is 11.8 Å². The van der Waals surface area contributed by atoms with Gasteiger partial charge in [0.2, 0.25) is 17.7 Å². The van der Waals surface area contributed by atoms with Crippen molar-refractivity contribution in [3.8, 4) is 11.8 Å². The number of anilines is 1. The van der Waals surface area contributed by atoms with Crippen molar-refractivity contribution >= 4 is 43.9 Å². The number of urea groups is 1. The molecule has 15 heteroatoms. The minimum atomic E-state index is -4.52. The van der Waals surface area contributed by atoms with Gasteiger partial charge in [-0.15, -0.1) is 0 Å². The zero-order valence-corrected chi connectivity index (χ0v) is 17.4. The highest BCUT2D eigenvalue weighted by Gasteiger charge is 2.32. The molecule has 2 rings (SSSR count). The summed E-state index contributed by atoms with van der Waals surface area (Å²) in [6.07, 6.45) is 0. The number of sulfonamides is 1. The maximum atomic E-state index is 12.6. The van der Waals surface area contributed by atoms with Crippen molar-refractivity contribution in [2.75, 3.05) is 26.6 Å². The molecule has 0 saturated heterocycles. The van der Waals surface area contributed by atoms with E-state index in [0.717, 1.165) is 11.8 Å². The van der Waals surface area contributed by atoms with Crippen LogP contribution in [0.3, 0.4) is 0 Å². The molecule has 0 atom stereocenters. The Morgan fingerprint density at radius 2 is 1.71 bits per heavy atom. The third-order valence-electron chi connectivity index (χ3n) is 3.15. The second-order valence-electron chi connectivity index (χ2n) is 4.92. The first-order chi connectivity index (χ1) is 13.1. The van der Waals surface area contributed by atoms with Gasteiger partial charge in [0.1, 0.15) is 10.2 Å². The molecule has 0 bridgehead atoms. The van der Waals surface area contributed by atoms with Crippen molar-refractivity contribution in [2.24, 2.45) is 7.05 Å². The number of carbonyl (C=O) groups excluding carboxylic acids is 2. The van der Waals surface area contributed by atoms with Crippen LogP contribution in [-0.2, 0) is 21.8 Å². The first-order valence-electron chi connectivity index (χ1n) is 7.24. The lowest BCUT2D eigenvalue weighted by Crippen LogP contribution is -2.36. The van der Waals surface area contributed by atoms with E-state index in [4.69, 9.17) is 9.47 Å². The molecule has 0 unspecified atom stereocenters. The number of amides is 2. The number of nitrogens with one attached hydrogen (secondary N) is 2.